The molecule has 0 N–H and O–H groups in total. The summed E-state index contributed by atoms with van der Waals surface area (Å²) in [6.45, 7) is 0.238. The van der Waals surface area contributed by atoms with Crippen molar-refractivity contribution in [3.63, 3.8) is 0 Å². The maximum Gasteiger partial charge on any atom is 0.0885 e. The van der Waals surface area contributed by atoms with Crippen LogP contribution in [0.2, 0.25) is 0 Å². The zero-order chi connectivity index (χ0) is 5.54. The molecule has 0 aromatic rings. The van der Waals surface area contributed by atoms with Gasteiger partial charge in [-0.3, -0.25) is 0 Å². The summed E-state index contributed by atoms with van der Waals surface area (Å²) < 4.78 is 0. The van der Waals surface area contributed by atoms with Crippen LogP contribution in [0.25, 0.3) is 10.4 Å². The van der Waals surface area contributed by atoms with Crippen LogP contribution in [0.4, 0.5) is 0 Å². The van der Waals surface area contributed by atoms with Crippen LogP contribution in [0.15, 0.2) is 5.11 Å². The lowest BCUT2D eigenvalue weighted by atomic mass is 10.7. The Kier molecular flexibility index (Phi) is 4.85. The molecule has 0 amide bonds. The van der Waals surface area contributed by atoms with Gasteiger partial charge in [-0.15, -0.1) is 0 Å². The summed E-state index contributed by atoms with van der Waals surface area (Å²) in [6, 6.07) is 0. The maximum absolute atomic E-state index is 7.67. The molecule has 7 heavy (non-hydrogen) atoms. The van der Waals surface area contributed by atoms with Gasteiger partial charge in [-0.05, 0) is 10.4 Å². The quantitative estimate of drug-likeness (QED) is 0.242. The SMILES string of the molecule is [N-]=[N+]=NCC#CBr. The van der Waals surface area contributed by atoms with Crippen LogP contribution in [-0.2, 0) is 0 Å². The fourth-order valence-electron chi connectivity index (χ4n) is 0.0969. The lowest BCUT2D eigenvalue weighted by molar-refractivity contribution is 1.25. The minimum absolute atomic E-state index is 0.238. The highest BCUT2D eigenvalue weighted by Gasteiger charge is 1.60. The average Bonchev–Trinajstić information content (AvgIpc) is 1.69. The molecule has 0 aliphatic heterocycles. The van der Waals surface area contributed by atoms with Gasteiger partial charge in [-0.2, -0.15) is 0 Å². The lowest BCUT2D eigenvalue weighted by Gasteiger charge is -1.62. The largest absolute Gasteiger partial charge is 0.0885 e. The molecule has 0 rings (SSSR count). The van der Waals surface area contributed by atoms with Gasteiger partial charge in [-0.1, -0.05) is 11.0 Å². The Morgan fingerprint density at radius 2 is 2.57 bits per heavy atom. The molecule has 36 valence electrons. The summed E-state index contributed by atoms with van der Waals surface area (Å²) in [6.07, 6.45) is 0. The summed E-state index contributed by atoms with van der Waals surface area (Å²) in [5.41, 5.74) is 7.67. The summed E-state index contributed by atoms with van der Waals surface area (Å²) in [5.74, 6) is 2.50. The molecule has 0 aromatic heterocycles. The van der Waals surface area contributed by atoms with E-state index in [1.165, 1.54) is 0 Å². The van der Waals surface area contributed by atoms with Crippen LogP contribution in [-0.4, -0.2) is 6.54 Å². The monoisotopic (exact) mass is 159 g/mol. The average molecular weight is 160 g/mol. The number of halogens is 1. The van der Waals surface area contributed by atoms with Crippen LogP contribution in [0, 0.1) is 10.8 Å². The van der Waals surface area contributed by atoms with Gasteiger partial charge in [0.1, 0.15) is 0 Å². The van der Waals surface area contributed by atoms with Crippen molar-refractivity contribution in [3.8, 4) is 10.8 Å². The first-order chi connectivity index (χ1) is 3.41. The van der Waals surface area contributed by atoms with Crippen LogP contribution >= 0.6 is 15.9 Å². The third-order valence-corrected chi connectivity index (χ3v) is 0.560. The van der Waals surface area contributed by atoms with Gasteiger partial charge in [0.25, 0.3) is 0 Å². The standard InChI is InChI=1S/C3H2BrN3/c4-2-1-3-6-7-5/h3H2. The summed E-state index contributed by atoms with van der Waals surface area (Å²) in [7, 11) is 0. The topological polar surface area (TPSA) is 48.8 Å². The van der Waals surface area contributed by atoms with E-state index in [-0.39, 0.29) is 6.54 Å². The first-order valence-electron chi connectivity index (χ1n) is 1.51. The first kappa shape index (κ1) is 6.35. The molecule has 0 saturated heterocycles. The summed E-state index contributed by atoms with van der Waals surface area (Å²) in [4.78, 5) is 4.88. The molecule has 0 bridgehead atoms. The van der Waals surface area contributed by atoms with E-state index < -0.39 is 0 Å². The predicted molar refractivity (Wildman–Crippen MR) is 30.7 cm³/mol. The van der Waals surface area contributed by atoms with E-state index in [4.69, 9.17) is 5.53 Å². The molecule has 0 fully saturated rings. The third-order valence-electron chi connectivity index (χ3n) is 0.280. The van der Waals surface area contributed by atoms with Gasteiger partial charge in [0.05, 0.1) is 6.54 Å². The Morgan fingerprint density at radius 3 is 3.00 bits per heavy atom. The highest BCUT2D eigenvalue weighted by Crippen LogP contribution is 1.70. The predicted octanol–water partition coefficient (Wildman–Crippen LogP) is 1.65. The molecule has 0 aromatic carbocycles. The second-order valence-corrected chi connectivity index (χ2v) is 1.06. The highest BCUT2D eigenvalue weighted by atomic mass is 79.9. The number of hydrogen-bond acceptors (Lipinski definition) is 1. The lowest BCUT2D eigenvalue weighted by Crippen LogP contribution is -1.62. The Labute approximate surface area is 49.5 Å². The van der Waals surface area contributed by atoms with Crippen molar-refractivity contribution in [1.82, 2.24) is 0 Å². The van der Waals surface area contributed by atoms with Crippen molar-refractivity contribution in [3.05, 3.63) is 10.4 Å². The Hall–Kier alpha value is -0.650. The van der Waals surface area contributed by atoms with E-state index in [2.05, 4.69) is 36.7 Å². The third kappa shape index (κ3) is 5.35. The first-order valence-corrected chi connectivity index (χ1v) is 2.30. The molecule has 0 atom stereocenters. The molecule has 0 saturated carbocycles. The minimum Gasteiger partial charge on any atom is -0.0848 e. The second-order valence-electron chi connectivity index (χ2n) is 0.660. The molecular weight excluding hydrogens is 158 g/mol. The van der Waals surface area contributed by atoms with Gasteiger partial charge in [0, 0.05) is 20.8 Å². The number of hydrogen-bond donors (Lipinski definition) is 0. The molecule has 0 heterocycles. The van der Waals surface area contributed by atoms with Crippen molar-refractivity contribution in [2.45, 2.75) is 0 Å². The Morgan fingerprint density at radius 1 is 1.86 bits per heavy atom. The second kappa shape index (κ2) is 5.35. The van der Waals surface area contributed by atoms with Gasteiger partial charge < -0.3 is 0 Å². The summed E-state index contributed by atoms with van der Waals surface area (Å²) >= 11 is 2.84. The van der Waals surface area contributed by atoms with Gasteiger partial charge in [0.15, 0.2) is 0 Å². The van der Waals surface area contributed by atoms with Crippen molar-refractivity contribution in [1.29, 1.82) is 0 Å². The minimum atomic E-state index is 0.238. The normalized spacial score (nSPS) is 5.29. The van der Waals surface area contributed by atoms with Gasteiger partial charge in [0.2, 0.25) is 0 Å². The molecular formula is C3H2BrN3. The molecule has 0 radical (unpaired) electrons. The van der Waals surface area contributed by atoms with E-state index in [0.29, 0.717) is 0 Å². The molecule has 0 spiro atoms. The fourth-order valence-corrected chi connectivity index (χ4v) is 0.222. The molecule has 4 heteroatoms. The van der Waals surface area contributed by atoms with E-state index in [1.807, 2.05) is 0 Å². The van der Waals surface area contributed by atoms with Crippen LogP contribution in [0.5, 0.6) is 0 Å². The number of nitrogens with zero attached hydrogens (tertiary/aromatic N) is 3. The van der Waals surface area contributed by atoms with Crippen LogP contribution < -0.4 is 0 Å². The molecule has 0 aliphatic rings. The van der Waals surface area contributed by atoms with Crippen LogP contribution in [0.1, 0.15) is 0 Å². The highest BCUT2D eigenvalue weighted by molar-refractivity contribution is 9.12. The summed E-state index contributed by atoms with van der Waals surface area (Å²) in [5, 5.41) is 3.14. The van der Waals surface area contributed by atoms with E-state index in [1.54, 1.807) is 0 Å². The molecule has 0 unspecified atom stereocenters. The van der Waals surface area contributed by atoms with E-state index in [0.717, 1.165) is 0 Å². The van der Waals surface area contributed by atoms with Gasteiger partial charge >= 0.3 is 0 Å². The Bertz CT molecular complexity index is 136. The molecule has 3 nitrogen and oxygen atoms in total. The maximum atomic E-state index is 7.67. The van der Waals surface area contributed by atoms with Crippen molar-refractivity contribution in [2.75, 3.05) is 6.54 Å². The van der Waals surface area contributed by atoms with Crippen molar-refractivity contribution in [2.24, 2.45) is 5.11 Å². The van der Waals surface area contributed by atoms with E-state index >= 15 is 0 Å². The number of azide groups is 1. The number of rotatable bonds is 1. The Balaban J connectivity index is 3.27. The smallest absolute Gasteiger partial charge is 0.0848 e. The van der Waals surface area contributed by atoms with Crippen LogP contribution in [0.3, 0.4) is 0 Å². The zero-order valence-electron chi connectivity index (χ0n) is 3.43. The molecule has 0 aliphatic carbocycles. The zero-order valence-corrected chi connectivity index (χ0v) is 5.01. The van der Waals surface area contributed by atoms with Gasteiger partial charge in [-0.25, -0.2) is 0 Å². The van der Waals surface area contributed by atoms with E-state index in [9.17, 15) is 0 Å². The van der Waals surface area contributed by atoms with Crippen molar-refractivity contribution < 1.29 is 0 Å². The van der Waals surface area contributed by atoms with Crippen molar-refractivity contribution >= 4 is 15.9 Å². The fraction of sp³-hybridized carbons (Fsp3) is 0.333.